The summed E-state index contributed by atoms with van der Waals surface area (Å²) in [5, 5.41) is 10.2. The third-order valence-electron chi connectivity index (χ3n) is 3.10. The van der Waals surface area contributed by atoms with Crippen LogP contribution < -0.4 is 11.5 Å². The second-order valence-electron chi connectivity index (χ2n) is 4.37. The Labute approximate surface area is 107 Å². The molecule has 0 radical (unpaired) electrons. The molecule has 3 heteroatoms. The van der Waals surface area contributed by atoms with Crippen LogP contribution in [0.15, 0.2) is 60.7 Å². The highest BCUT2D eigenvalue weighted by molar-refractivity contribution is 5.24. The molecule has 0 aliphatic carbocycles. The molecule has 3 nitrogen and oxygen atoms in total. The number of hydrogen-bond acceptors (Lipinski definition) is 3. The van der Waals surface area contributed by atoms with E-state index in [1.807, 2.05) is 60.7 Å². The van der Waals surface area contributed by atoms with Crippen LogP contribution in [0.1, 0.15) is 23.3 Å². The van der Waals surface area contributed by atoms with Gasteiger partial charge in [0.2, 0.25) is 0 Å². The second kappa shape index (κ2) is 5.78. The molecule has 18 heavy (non-hydrogen) atoms. The third kappa shape index (κ3) is 2.76. The van der Waals surface area contributed by atoms with Crippen LogP contribution in [0.2, 0.25) is 0 Å². The van der Waals surface area contributed by atoms with Crippen molar-refractivity contribution < 1.29 is 5.11 Å². The standard InChI is InChI=1S/C15H18N2O/c16-13(11-7-3-1-4-8-11)14(17)15(18)12-9-5-2-6-10-12/h1-10,13-15,18H,16-17H2. The quantitative estimate of drug-likeness (QED) is 0.764. The Morgan fingerprint density at radius 2 is 1.17 bits per heavy atom. The molecule has 2 rings (SSSR count). The maximum absolute atomic E-state index is 10.2. The lowest BCUT2D eigenvalue weighted by Crippen LogP contribution is -2.39. The minimum Gasteiger partial charge on any atom is -0.387 e. The van der Waals surface area contributed by atoms with Gasteiger partial charge >= 0.3 is 0 Å². The molecule has 0 fully saturated rings. The minimum atomic E-state index is -0.763. The molecule has 0 saturated heterocycles. The molecule has 5 N–H and O–H groups in total. The molecule has 0 spiro atoms. The van der Waals surface area contributed by atoms with Gasteiger partial charge in [0, 0.05) is 6.04 Å². The van der Waals surface area contributed by atoms with Crippen LogP contribution in [-0.4, -0.2) is 11.1 Å². The van der Waals surface area contributed by atoms with Crippen LogP contribution in [0.4, 0.5) is 0 Å². The average Bonchev–Trinajstić information content (AvgIpc) is 2.47. The van der Waals surface area contributed by atoms with Gasteiger partial charge < -0.3 is 16.6 Å². The molecule has 0 bridgehead atoms. The number of hydrogen-bond donors (Lipinski definition) is 3. The van der Waals surface area contributed by atoms with Crippen molar-refractivity contribution in [3.63, 3.8) is 0 Å². The van der Waals surface area contributed by atoms with Gasteiger partial charge in [-0.25, -0.2) is 0 Å². The lowest BCUT2D eigenvalue weighted by molar-refractivity contribution is 0.134. The van der Waals surface area contributed by atoms with Crippen molar-refractivity contribution in [2.45, 2.75) is 18.2 Å². The summed E-state index contributed by atoms with van der Waals surface area (Å²) in [7, 11) is 0. The Morgan fingerprint density at radius 1 is 0.722 bits per heavy atom. The van der Waals surface area contributed by atoms with Crippen molar-refractivity contribution in [2.24, 2.45) is 11.5 Å². The molecule has 94 valence electrons. The first-order valence-electron chi connectivity index (χ1n) is 5.99. The zero-order valence-electron chi connectivity index (χ0n) is 10.1. The summed E-state index contributed by atoms with van der Waals surface area (Å²) in [6, 6.07) is 18.0. The summed E-state index contributed by atoms with van der Waals surface area (Å²) in [4.78, 5) is 0. The number of aliphatic hydroxyl groups is 1. The maximum atomic E-state index is 10.2. The summed E-state index contributed by atoms with van der Waals surface area (Å²) < 4.78 is 0. The van der Waals surface area contributed by atoms with E-state index in [-0.39, 0.29) is 6.04 Å². The van der Waals surface area contributed by atoms with Gasteiger partial charge in [0.25, 0.3) is 0 Å². The smallest absolute Gasteiger partial charge is 0.0959 e. The predicted octanol–water partition coefficient (Wildman–Crippen LogP) is 1.75. The first kappa shape index (κ1) is 12.8. The average molecular weight is 242 g/mol. The lowest BCUT2D eigenvalue weighted by Gasteiger charge is -2.25. The Bertz CT molecular complexity index is 427. The van der Waals surface area contributed by atoms with Gasteiger partial charge in [-0.15, -0.1) is 0 Å². The van der Waals surface area contributed by atoms with E-state index < -0.39 is 12.1 Å². The molecule has 0 aromatic heterocycles. The Balaban J connectivity index is 2.14. The number of aliphatic hydroxyl groups excluding tert-OH is 1. The fraction of sp³-hybridized carbons (Fsp3) is 0.200. The van der Waals surface area contributed by atoms with Crippen LogP contribution >= 0.6 is 0 Å². The molecule has 3 atom stereocenters. The Morgan fingerprint density at radius 3 is 1.67 bits per heavy atom. The SMILES string of the molecule is NC(c1ccccc1)C(N)C(O)c1ccccc1. The van der Waals surface area contributed by atoms with Gasteiger partial charge in [-0.3, -0.25) is 0 Å². The molecule has 0 aliphatic heterocycles. The van der Waals surface area contributed by atoms with Gasteiger partial charge in [-0.2, -0.15) is 0 Å². The fourth-order valence-corrected chi connectivity index (χ4v) is 1.97. The van der Waals surface area contributed by atoms with Crippen LogP contribution in [0.3, 0.4) is 0 Å². The van der Waals surface area contributed by atoms with Crippen LogP contribution in [-0.2, 0) is 0 Å². The molecule has 2 aromatic rings. The van der Waals surface area contributed by atoms with Crippen LogP contribution in [0, 0.1) is 0 Å². The molecular weight excluding hydrogens is 224 g/mol. The van der Waals surface area contributed by atoms with Crippen LogP contribution in [0.25, 0.3) is 0 Å². The van der Waals surface area contributed by atoms with Crippen molar-refractivity contribution in [2.75, 3.05) is 0 Å². The van der Waals surface area contributed by atoms with Crippen molar-refractivity contribution in [1.29, 1.82) is 0 Å². The zero-order chi connectivity index (χ0) is 13.0. The van der Waals surface area contributed by atoms with Crippen LogP contribution in [0.5, 0.6) is 0 Å². The summed E-state index contributed by atoms with van der Waals surface area (Å²) in [6.07, 6.45) is -0.763. The van der Waals surface area contributed by atoms with Crippen molar-refractivity contribution in [3.05, 3.63) is 71.8 Å². The largest absolute Gasteiger partial charge is 0.387 e. The third-order valence-corrected chi connectivity index (χ3v) is 3.10. The monoisotopic (exact) mass is 242 g/mol. The molecule has 2 aromatic carbocycles. The molecular formula is C15H18N2O. The predicted molar refractivity (Wildman–Crippen MR) is 72.7 cm³/mol. The summed E-state index contributed by atoms with van der Waals surface area (Å²) in [6.45, 7) is 0. The number of rotatable bonds is 4. The van der Waals surface area contributed by atoms with E-state index >= 15 is 0 Å². The minimum absolute atomic E-state index is 0.388. The summed E-state index contributed by atoms with van der Waals surface area (Å²) >= 11 is 0. The second-order valence-corrected chi connectivity index (χ2v) is 4.37. The Hall–Kier alpha value is -1.68. The lowest BCUT2D eigenvalue weighted by atomic mass is 9.93. The highest BCUT2D eigenvalue weighted by Crippen LogP contribution is 2.23. The van der Waals surface area contributed by atoms with Crippen molar-refractivity contribution in [1.82, 2.24) is 0 Å². The molecule has 0 aliphatic rings. The molecule has 0 heterocycles. The topological polar surface area (TPSA) is 72.3 Å². The molecule has 0 saturated carbocycles. The van der Waals surface area contributed by atoms with E-state index in [2.05, 4.69) is 0 Å². The van der Waals surface area contributed by atoms with Crippen molar-refractivity contribution in [3.8, 4) is 0 Å². The molecule has 0 amide bonds. The van der Waals surface area contributed by atoms with E-state index in [1.165, 1.54) is 0 Å². The van der Waals surface area contributed by atoms with Gasteiger partial charge in [-0.05, 0) is 11.1 Å². The first-order chi connectivity index (χ1) is 8.70. The first-order valence-corrected chi connectivity index (χ1v) is 5.99. The van der Waals surface area contributed by atoms with E-state index in [0.29, 0.717) is 0 Å². The summed E-state index contributed by atoms with van der Waals surface area (Å²) in [5.41, 5.74) is 13.9. The number of benzene rings is 2. The van der Waals surface area contributed by atoms with Gasteiger partial charge in [0.05, 0.1) is 12.1 Å². The van der Waals surface area contributed by atoms with Gasteiger partial charge in [0.1, 0.15) is 0 Å². The fourth-order valence-electron chi connectivity index (χ4n) is 1.97. The molecule has 3 unspecified atom stereocenters. The number of nitrogens with two attached hydrogens (primary N) is 2. The van der Waals surface area contributed by atoms with E-state index in [4.69, 9.17) is 11.5 Å². The van der Waals surface area contributed by atoms with Crippen molar-refractivity contribution >= 4 is 0 Å². The highest BCUT2D eigenvalue weighted by Gasteiger charge is 2.24. The van der Waals surface area contributed by atoms with E-state index in [1.54, 1.807) is 0 Å². The zero-order valence-corrected chi connectivity index (χ0v) is 10.1. The van der Waals surface area contributed by atoms with Gasteiger partial charge in [0.15, 0.2) is 0 Å². The Kier molecular flexibility index (Phi) is 4.10. The highest BCUT2D eigenvalue weighted by atomic mass is 16.3. The maximum Gasteiger partial charge on any atom is 0.0959 e. The van der Waals surface area contributed by atoms with Gasteiger partial charge in [-0.1, -0.05) is 60.7 Å². The van der Waals surface area contributed by atoms with E-state index in [0.717, 1.165) is 11.1 Å². The normalized spacial score (nSPS) is 15.9. The van der Waals surface area contributed by atoms with E-state index in [9.17, 15) is 5.11 Å². The summed E-state index contributed by atoms with van der Waals surface area (Å²) in [5.74, 6) is 0.